The fourth-order valence-electron chi connectivity index (χ4n) is 3.32. The third kappa shape index (κ3) is 1.96. The predicted molar refractivity (Wildman–Crippen MR) is 73.5 cm³/mol. The molecule has 19 heavy (non-hydrogen) atoms. The van der Waals surface area contributed by atoms with Crippen molar-refractivity contribution in [2.75, 3.05) is 19.7 Å². The van der Waals surface area contributed by atoms with Gasteiger partial charge in [0.25, 0.3) is 0 Å². The maximum Gasteiger partial charge on any atom is 0.125 e. The molecule has 1 saturated carbocycles. The van der Waals surface area contributed by atoms with Crippen LogP contribution in [-0.4, -0.2) is 25.3 Å². The van der Waals surface area contributed by atoms with E-state index in [9.17, 15) is 0 Å². The molecule has 1 N–H and O–H groups in total. The van der Waals surface area contributed by atoms with E-state index >= 15 is 0 Å². The Morgan fingerprint density at radius 3 is 3.16 bits per heavy atom. The van der Waals surface area contributed by atoms with E-state index in [1.165, 1.54) is 24.0 Å². The first-order valence-electron chi connectivity index (χ1n) is 7.35. The number of hydrogen-bond acceptors (Lipinski definition) is 3. The van der Waals surface area contributed by atoms with Gasteiger partial charge in [0.1, 0.15) is 5.75 Å². The highest BCUT2D eigenvalue weighted by atomic mass is 16.5. The average Bonchev–Trinajstić information content (AvgIpc) is 3.16. The van der Waals surface area contributed by atoms with E-state index in [4.69, 9.17) is 9.47 Å². The number of ether oxygens (including phenoxy) is 2. The summed E-state index contributed by atoms with van der Waals surface area (Å²) in [4.78, 5) is 0. The largest absolute Gasteiger partial charge is 0.493 e. The quantitative estimate of drug-likeness (QED) is 0.904. The molecule has 0 aromatic heterocycles. The third-order valence-corrected chi connectivity index (χ3v) is 4.82. The van der Waals surface area contributed by atoms with Crippen LogP contribution in [0.15, 0.2) is 18.2 Å². The highest BCUT2D eigenvalue weighted by Crippen LogP contribution is 2.44. The number of nitrogens with one attached hydrogen (secondary N) is 1. The first-order valence-corrected chi connectivity index (χ1v) is 7.35. The van der Waals surface area contributed by atoms with Crippen LogP contribution in [0.5, 0.6) is 5.75 Å². The SMILES string of the molecule is C[C@@]12CNC[C@@H]1c1cccc(OCC3CC3)c1CO2. The summed E-state index contributed by atoms with van der Waals surface area (Å²) in [5.41, 5.74) is 2.66. The third-order valence-electron chi connectivity index (χ3n) is 4.82. The lowest BCUT2D eigenvalue weighted by atomic mass is 9.81. The van der Waals surface area contributed by atoms with Gasteiger partial charge in [-0.05, 0) is 37.3 Å². The van der Waals surface area contributed by atoms with E-state index < -0.39 is 0 Å². The molecule has 0 radical (unpaired) electrons. The lowest BCUT2D eigenvalue weighted by Crippen LogP contribution is -2.39. The Morgan fingerprint density at radius 1 is 1.42 bits per heavy atom. The predicted octanol–water partition coefficient (Wildman–Crippen LogP) is 2.45. The topological polar surface area (TPSA) is 30.5 Å². The highest BCUT2D eigenvalue weighted by Gasteiger charge is 2.45. The van der Waals surface area contributed by atoms with Crippen molar-refractivity contribution in [3.05, 3.63) is 29.3 Å². The van der Waals surface area contributed by atoms with Crippen molar-refractivity contribution >= 4 is 0 Å². The zero-order chi connectivity index (χ0) is 12.9. The van der Waals surface area contributed by atoms with Crippen LogP contribution in [0.25, 0.3) is 0 Å². The van der Waals surface area contributed by atoms with Crippen LogP contribution < -0.4 is 10.1 Å². The Morgan fingerprint density at radius 2 is 2.32 bits per heavy atom. The van der Waals surface area contributed by atoms with Gasteiger partial charge in [-0.1, -0.05) is 12.1 Å². The Labute approximate surface area is 114 Å². The van der Waals surface area contributed by atoms with Gasteiger partial charge in [-0.3, -0.25) is 0 Å². The first kappa shape index (κ1) is 11.7. The van der Waals surface area contributed by atoms with Crippen LogP contribution in [0.1, 0.15) is 36.8 Å². The minimum atomic E-state index is -0.0396. The Bertz CT molecular complexity index is 498. The molecule has 2 heterocycles. The Kier molecular flexibility index (Phi) is 2.61. The summed E-state index contributed by atoms with van der Waals surface area (Å²) in [6.07, 6.45) is 2.66. The summed E-state index contributed by atoms with van der Waals surface area (Å²) in [5, 5.41) is 3.46. The summed E-state index contributed by atoms with van der Waals surface area (Å²) in [7, 11) is 0. The fraction of sp³-hybridized carbons (Fsp3) is 0.625. The molecule has 0 bridgehead atoms. The zero-order valence-corrected chi connectivity index (χ0v) is 11.4. The minimum Gasteiger partial charge on any atom is -0.493 e. The van der Waals surface area contributed by atoms with Gasteiger partial charge in [0.2, 0.25) is 0 Å². The van der Waals surface area contributed by atoms with Crippen molar-refractivity contribution in [2.45, 2.75) is 37.9 Å². The van der Waals surface area contributed by atoms with Gasteiger partial charge in [-0.2, -0.15) is 0 Å². The Hall–Kier alpha value is -1.06. The second kappa shape index (κ2) is 4.22. The smallest absolute Gasteiger partial charge is 0.125 e. The molecule has 3 aliphatic rings. The van der Waals surface area contributed by atoms with Crippen molar-refractivity contribution < 1.29 is 9.47 Å². The number of hydrogen-bond donors (Lipinski definition) is 1. The number of fused-ring (bicyclic) bond motifs is 3. The van der Waals surface area contributed by atoms with Crippen molar-refractivity contribution in [2.24, 2.45) is 5.92 Å². The van der Waals surface area contributed by atoms with Gasteiger partial charge >= 0.3 is 0 Å². The van der Waals surface area contributed by atoms with Crippen molar-refractivity contribution in [3.63, 3.8) is 0 Å². The Balaban J connectivity index is 1.65. The molecule has 1 aromatic rings. The molecule has 0 spiro atoms. The van der Waals surface area contributed by atoms with Crippen LogP contribution in [0.3, 0.4) is 0 Å². The van der Waals surface area contributed by atoms with Crippen LogP contribution in [-0.2, 0) is 11.3 Å². The van der Waals surface area contributed by atoms with Gasteiger partial charge in [-0.25, -0.2) is 0 Å². The average molecular weight is 259 g/mol. The van der Waals surface area contributed by atoms with E-state index in [1.807, 2.05) is 0 Å². The molecular weight excluding hydrogens is 238 g/mol. The van der Waals surface area contributed by atoms with Crippen LogP contribution in [0.2, 0.25) is 0 Å². The molecule has 3 heteroatoms. The fourth-order valence-corrected chi connectivity index (χ4v) is 3.32. The maximum atomic E-state index is 6.14. The van der Waals surface area contributed by atoms with E-state index in [1.54, 1.807) is 0 Å². The standard InChI is InChI=1S/C16H21NO2/c1-16-10-17-7-14(16)12-3-2-4-15(13(12)9-19-16)18-8-11-5-6-11/h2-4,11,14,17H,5-10H2,1H3/t14-,16-/m1/s1. The van der Waals surface area contributed by atoms with Crippen molar-refractivity contribution in [1.29, 1.82) is 0 Å². The van der Waals surface area contributed by atoms with Gasteiger partial charge in [0, 0.05) is 24.6 Å². The van der Waals surface area contributed by atoms with Crippen molar-refractivity contribution in [3.8, 4) is 5.75 Å². The molecule has 1 aliphatic carbocycles. The van der Waals surface area contributed by atoms with E-state index in [-0.39, 0.29) is 5.60 Å². The van der Waals surface area contributed by atoms with E-state index in [0.29, 0.717) is 12.5 Å². The van der Waals surface area contributed by atoms with Gasteiger partial charge < -0.3 is 14.8 Å². The molecule has 0 unspecified atom stereocenters. The van der Waals surface area contributed by atoms with Gasteiger partial charge in [0.15, 0.2) is 0 Å². The summed E-state index contributed by atoms with van der Waals surface area (Å²) in [6.45, 7) is 5.74. The second-order valence-corrected chi connectivity index (χ2v) is 6.36. The lowest BCUT2D eigenvalue weighted by Gasteiger charge is -2.37. The normalized spacial score (nSPS) is 32.8. The molecule has 1 saturated heterocycles. The minimum absolute atomic E-state index is 0.0396. The van der Waals surface area contributed by atoms with Crippen LogP contribution in [0.4, 0.5) is 0 Å². The van der Waals surface area contributed by atoms with E-state index in [0.717, 1.165) is 31.4 Å². The first-order chi connectivity index (χ1) is 9.26. The lowest BCUT2D eigenvalue weighted by molar-refractivity contribution is -0.0527. The maximum absolute atomic E-state index is 6.14. The van der Waals surface area contributed by atoms with Gasteiger partial charge in [0.05, 0.1) is 18.8 Å². The zero-order valence-electron chi connectivity index (χ0n) is 11.4. The highest BCUT2D eigenvalue weighted by molar-refractivity contribution is 5.45. The summed E-state index contributed by atoms with van der Waals surface area (Å²) >= 11 is 0. The van der Waals surface area contributed by atoms with Crippen LogP contribution in [0, 0.1) is 5.92 Å². The summed E-state index contributed by atoms with van der Waals surface area (Å²) < 4.78 is 12.1. The van der Waals surface area contributed by atoms with Crippen molar-refractivity contribution in [1.82, 2.24) is 5.32 Å². The van der Waals surface area contributed by atoms with Crippen LogP contribution >= 0.6 is 0 Å². The summed E-state index contributed by atoms with van der Waals surface area (Å²) in [5.74, 6) is 2.29. The molecule has 102 valence electrons. The molecule has 2 fully saturated rings. The molecule has 3 nitrogen and oxygen atoms in total. The molecule has 1 aromatic carbocycles. The molecule has 0 amide bonds. The second-order valence-electron chi connectivity index (χ2n) is 6.36. The molecule has 2 atom stereocenters. The monoisotopic (exact) mass is 259 g/mol. The molecule has 4 rings (SSSR count). The van der Waals surface area contributed by atoms with E-state index in [2.05, 4.69) is 30.4 Å². The number of rotatable bonds is 3. The van der Waals surface area contributed by atoms with Gasteiger partial charge in [-0.15, -0.1) is 0 Å². The summed E-state index contributed by atoms with van der Waals surface area (Å²) in [6, 6.07) is 6.47. The molecular formula is C16H21NO2. The molecule has 2 aliphatic heterocycles. The number of benzene rings is 1.